The van der Waals surface area contributed by atoms with E-state index < -0.39 is 17.8 Å². The number of carbonyl (C=O) groups excluding carboxylic acids is 1. The van der Waals surface area contributed by atoms with Gasteiger partial charge in [-0.05, 0) is 37.0 Å². The van der Waals surface area contributed by atoms with Crippen molar-refractivity contribution in [2.24, 2.45) is 5.92 Å². The molecule has 0 spiro atoms. The fraction of sp³-hybridized carbons (Fsp3) is 0.412. The largest absolute Gasteiger partial charge is 0.463 e. The summed E-state index contributed by atoms with van der Waals surface area (Å²) in [6, 6.07) is 3.87. The molecule has 1 aliphatic heterocycles. The first-order valence-electron chi connectivity index (χ1n) is 8.51. The zero-order chi connectivity index (χ0) is 19.2. The van der Waals surface area contributed by atoms with Crippen LogP contribution in [-0.4, -0.2) is 43.5 Å². The second kappa shape index (κ2) is 6.36. The quantitative estimate of drug-likeness (QED) is 0.683. The monoisotopic (exact) mass is 379 g/mol. The minimum atomic E-state index is -4.70. The van der Waals surface area contributed by atoms with Crippen molar-refractivity contribution in [3.8, 4) is 11.5 Å². The molecule has 3 aromatic rings. The Labute approximate surface area is 151 Å². The minimum absolute atomic E-state index is 0.0296. The first-order valence-corrected chi connectivity index (χ1v) is 8.51. The molecule has 4 rings (SSSR count). The van der Waals surface area contributed by atoms with Gasteiger partial charge in [0.25, 0.3) is 11.7 Å². The lowest BCUT2D eigenvalue weighted by Gasteiger charge is -2.29. The average molecular weight is 379 g/mol. The molecule has 0 saturated carbocycles. The number of halogens is 3. The number of hydrogen-bond acceptors (Lipinski definition) is 5. The SMILES string of the molecule is CC1CCN(C(=O)c2nc3nc(-c4ccco4)cc(C(F)(F)F)n3n2)CC1. The first kappa shape index (κ1) is 17.5. The number of nitrogens with zero attached hydrogens (tertiary/aromatic N) is 5. The van der Waals surface area contributed by atoms with Gasteiger partial charge < -0.3 is 9.32 Å². The van der Waals surface area contributed by atoms with Crippen LogP contribution in [0, 0.1) is 5.92 Å². The van der Waals surface area contributed by atoms with Crippen molar-refractivity contribution in [2.75, 3.05) is 13.1 Å². The summed E-state index contributed by atoms with van der Waals surface area (Å²) in [5.74, 6) is -0.398. The van der Waals surface area contributed by atoms with Crippen molar-refractivity contribution < 1.29 is 22.4 Å². The molecule has 27 heavy (non-hydrogen) atoms. The molecular weight excluding hydrogens is 363 g/mol. The van der Waals surface area contributed by atoms with E-state index in [4.69, 9.17) is 4.42 Å². The summed E-state index contributed by atoms with van der Waals surface area (Å²) in [5.41, 5.74) is -1.10. The Bertz CT molecular complexity index is 973. The smallest absolute Gasteiger partial charge is 0.433 e. The van der Waals surface area contributed by atoms with E-state index in [1.165, 1.54) is 12.3 Å². The molecule has 0 aromatic carbocycles. The number of hydrogen-bond donors (Lipinski definition) is 0. The molecule has 3 aromatic heterocycles. The lowest BCUT2D eigenvalue weighted by Crippen LogP contribution is -2.38. The van der Waals surface area contributed by atoms with Crippen LogP contribution in [0.25, 0.3) is 17.2 Å². The minimum Gasteiger partial charge on any atom is -0.463 e. The second-order valence-corrected chi connectivity index (χ2v) is 6.62. The summed E-state index contributed by atoms with van der Waals surface area (Å²) in [7, 11) is 0. The van der Waals surface area contributed by atoms with Gasteiger partial charge in [-0.2, -0.15) is 22.7 Å². The highest BCUT2D eigenvalue weighted by Gasteiger charge is 2.36. The van der Waals surface area contributed by atoms with Gasteiger partial charge in [0, 0.05) is 13.1 Å². The van der Waals surface area contributed by atoms with Gasteiger partial charge >= 0.3 is 6.18 Å². The van der Waals surface area contributed by atoms with Crippen molar-refractivity contribution in [2.45, 2.75) is 25.9 Å². The van der Waals surface area contributed by atoms with Gasteiger partial charge in [0.15, 0.2) is 11.5 Å². The Morgan fingerprint density at radius 3 is 2.63 bits per heavy atom. The van der Waals surface area contributed by atoms with Crippen LogP contribution in [0.4, 0.5) is 13.2 Å². The van der Waals surface area contributed by atoms with Crippen molar-refractivity contribution in [3.63, 3.8) is 0 Å². The average Bonchev–Trinajstić information content (AvgIpc) is 3.29. The molecule has 0 radical (unpaired) electrons. The van der Waals surface area contributed by atoms with Crippen molar-refractivity contribution in [1.82, 2.24) is 24.5 Å². The summed E-state index contributed by atoms with van der Waals surface area (Å²) in [5, 5.41) is 3.80. The molecule has 4 heterocycles. The highest BCUT2D eigenvalue weighted by molar-refractivity contribution is 5.91. The molecule has 7 nitrogen and oxygen atoms in total. The normalized spacial score (nSPS) is 16.2. The topological polar surface area (TPSA) is 76.5 Å². The van der Waals surface area contributed by atoms with Gasteiger partial charge in [0.05, 0.1) is 6.26 Å². The number of piperidine rings is 1. The van der Waals surface area contributed by atoms with Crippen LogP contribution in [0.2, 0.25) is 0 Å². The molecule has 0 atom stereocenters. The summed E-state index contributed by atoms with van der Waals surface area (Å²) < 4.78 is 46.2. The van der Waals surface area contributed by atoms with E-state index >= 15 is 0 Å². The lowest BCUT2D eigenvalue weighted by molar-refractivity contribution is -0.142. The molecule has 0 unspecified atom stereocenters. The van der Waals surface area contributed by atoms with E-state index in [1.807, 2.05) is 0 Å². The Morgan fingerprint density at radius 1 is 1.26 bits per heavy atom. The van der Waals surface area contributed by atoms with Crippen LogP contribution in [0.1, 0.15) is 36.1 Å². The van der Waals surface area contributed by atoms with Crippen LogP contribution in [-0.2, 0) is 6.18 Å². The summed E-state index contributed by atoms with van der Waals surface area (Å²) in [6.45, 7) is 3.17. The molecular formula is C17H16F3N5O2. The lowest BCUT2D eigenvalue weighted by atomic mass is 9.99. The molecule has 1 saturated heterocycles. The third-order valence-corrected chi connectivity index (χ3v) is 4.64. The number of aromatic nitrogens is 4. The maximum Gasteiger partial charge on any atom is 0.433 e. The first-order chi connectivity index (χ1) is 12.8. The highest BCUT2D eigenvalue weighted by atomic mass is 19.4. The van der Waals surface area contributed by atoms with Crippen LogP contribution in [0.3, 0.4) is 0 Å². The zero-order valence-corrected chi connectivity index (χ0v) is 14.4. The third-order valence-electron chi connectivity index (χ3n) is 4.64. The van der Waals surface area contributed by atoms with Crippen LogP contribution in [0.15, 0.2) is 28.9 Å². The maximum absolute atomic E-state index is 13.5. The number of alkyl halides is 3. The Balaban J connectivity index is 1.77. The molecule has 1 fully saturated rings. The number of fused-ring (bicyclic) bond motifs is 1. The standard InChI is InChI=1S/C17H16F3N5O2/c1-10-4-6-24(7-5-10)15(26)14-22-16-21-11(12-3-2-8-27-12)9-13(17(18,19)20)25(16)23-14/h2-3,8-10H,4-7H2,1H3. The molecule has 142 valence electrons. The summed E-state index contributed by atoms with van der Waals surface area (Å²) >= 11 is 0. The molecule has 1 aliphatic rings. The maximum atomic E-state index is 13.5. The molecule has 10 heteroatoms. The third kappa shape index (κ3) is 3.26. The van der Waals surface area contributed by atoms with Crippen LogP contribution >= 0.6 is 0 Å². The molecule has 0 N–H and O–H groups in total. The Hall–Kier alpha value is -2.91. The van der Waals surface area contributed by atoms with Crippen molar-refractivity contribution in [3.05, 3.63) is 36.0 Å². The van der Waals surface area contributed by atoms with E-state index in [1.54, 1.807) is 11.0 Å². The number of carbonyl (C=O) groups is 1. The van der Waals surface area contributed by atoms with Crippen LogP contribution in [0.5, 0.6) is 0 Å². The van der Waals surface area contributed by atoms with Gasteiger partial charge in [0.2, 0.25) is 5.82 Å². The number of likely N-dealkylation sites (tertiary alicyclic amines) is 1. The van der Waals surface area contributed by atoms with Gasteiger partial charge in [-0.15, -0.1) is 5.10 Å². The predicted molar refractivity (Wildman–Crippen MR) is 87.8 cm³/mol. The van der Waals surface area contributed by atoms with Gasteiger partial charge in [-0.3, -0.25) is 4.79 Å². The zero-order valence-electron chi connectivity index (χ0n) is 14.4. The van der Waals surface area contributed by atoms with E-state index in [0.717, 1.165) is 18.9 Å². The number of amides is 1. The van der Waals surface area contributed by atoms with Gasteiger partial charge in [-0.1, -0.05) is 6.92 Å². The van der Waals surface area contributed by atoms with Gasteiger partial charge in [-0.25, -0.2) is 4.98 Å². The van der Waals surface area contributed by atoms with E-state index in [9.17, 15) is 18.0 Å². The molecule has 0 aliphatic carbocycles. The second-order valence-electron chi connectivity index (χ2n) is 6.62. The van der Waals surface area contributed by atoms with Crippen molar-refractivity contribution >= 4 is 11.7 Å². The fourth-order valence-electron chi connectivity index (χ4n) is 3.06. The number of rotatable bonds is 2. The number of furan rings is 1. The van der Waals surface area contributed by atoms with E-state index in [-0.39, 0.29) is 23.1 Å². The summed E-state index contributed by atoms with van der Waals surface area (Å²) in [4.78, 5) is 22.2. The Kier molecular flexibility index (Phi) is 4.12. The van der Waals surface area contributed by atoms with Crippen LogP contribution < -0.4 is 0 Å². The van der Waals surface area contributed by atoms with E-state index in [2.05, 4.69) is 22.0 Å². The molecule has 1 amide bonds. The Morgan fingerprint density at radius 2 is 2.00 bits per heavy atom. The van der Waals surface area contributed by atoms with Crippen molar-refractivity contribution in [1.29, 1.82) is 0 Å². The predicted octanol–water partition coefficient (Wildman–Crippen LogP) is 3.28. The summed E-state index contributed by atoms with van der Waals surface area (Å²) in [6.07, 6.45) is -1.68. The molecule has 0 bridgehead atoms. The van der Waals surface area contributed by atoms with Gasteiger partial charge in [0.1, 0.15) is 5.69 Å². The van der Waals surface area contributed by atoms with E-state index in [0.29, 0.717) is 23.5 Å². The highest BCUT2D eigenvalue weighted by Crippen LogP contribution is 2.32. The fourth-order valence-corrected chi connectivity index (χ4v) is 3.06.